The molecule has 1 fully saturated rings. The lowest BCUT2D eigenvalue weighted by molar-refractivity contribution is -0.125. The van der Waals surface area contributed by atoms with Crippen LogP contribution in [0.15, 0.2) is 12.3 Å². The van der Waals surface area contributed by atoms with Crippen molar-refractivity contribution in [2.24, 2.45) is 5.92 Å². The topological polar surface area (TPSA) is 72.0 Å². The molecular weight excluding hydrogens is 194 g/mol. The van der Waals surface area contributed by atoms with Gasteiger partial charge in [-0.1, -0.05) is 0 Å². The number of rotatable bonds is 2. The molecule has 1 aromatic heterocycles. The Morgan fingerprint density at radius 1 is 1.53 bits per heavy atom. The molecule has 1 atom stereocenters. The molecule has 1 N–H and O–H groups in total. The molecule has 0 saturated carbocycles. The van der Waals surface area contributed by atoms with E-state index in [0.29, 0.717) is 12.2 Å². The molecule has 2 heterocycles. The first-order chi connectivity index (χ1) is 7.15. The van der Waals surface area contributed by atoms with E-state index in [1.807, 2.05) is 0 Å². The van der Waals surface area contributed by atoms with E-state index < -0.39 is 0 Å². The summed E-state index contributed by atoms with van der Waals surface area (Å²) < 4.78 is 0. The Kier molecular flexibility index (Phi) is 2.45. The minimum atomic E-state index is -0.271. The van der Waals surface area contributed by atoms with Gasteiger partial charge in [-0.05, 0) is 13.0 Å². The van der Waals surface area contributed by atoms with Gasteiger partial charge in [0, 0.05) is 24.7 Å². The van der Waals surface area contributed by atoms with Gasteiger partial charge < -0.3 is 0 Å². The molecule has 1 aromatic rings. The maximum atomic E-state index is 11.3. The lowest BCUT2D eigenvalue weighted by Crippen LogP contribution is -2.23. The molecule has 1 saturated heterocycles. The van der Waals surface area contributed by atoms with Crippen molar-refractivity contribution in [2.75, 3.05) is 0 Å². The quantitative estimate of drug-likeness (QED) is 0.689. The molecule has 78 valence electrons. The van der Waals surface area contributed by atoms with Crippen molar-refractivity contribution in [3.8, 4) is 0 Å². The van der Waals surface area contributed by atoms with Crippen LogP contribution in [0, 0.1) is 12.8 Å². The number of nitrogens with zero attached hydrogens (tertiary/aromatic N) is 2. The van der Waals surface area contributed by atoms with Gasteiger partial charge in [0.25, 0.3) is 0 Å². The molecule has 1 aliphatic heterocycles. The Hall–Kier alpha value is -1.78. The highest BCUT2D eigenvalue weighted by molar-refractivity contribution is 6.03. The summed E-state index contributed by atoms with van der Waals surface area (Å²) in [4.78, 5) is 30.4. The summed E-state index contributed by atoms with van der Waals surface area (Å²) in [6, 6.07) is 1.77. The van der Waals surface area contributed by atoms with Gasteiger partial charge >= 0.3 is 0 Å². The van der Waals surface area contributed by atoms with Crippen LogP contribution in [0.1, 0.15) is 17.9 Å². The number of aromatic nitrogens is 2. The molecule has 2 amide bonds. The minimum absolute atomic E-state index is 0.198. The van der Waals surface area contributed by atoms with Crippen molar-refractivity contribution in [1.29, 1.82) is 0 Å². The molecule has 1 unspecified atom stereocenters. The largest absolute Gasteiger partial charge is 0.296 e. The SMILES string of the molecule is Cc1nccc(CC2CC(=O)NC2=O)n1. The second kappa shape index (κ2) is 3.76. The lowest BCUT2D eigenvalue weighted by atomic mass is 10.0. The average Bonchev–Trinajstić information content (AvgIpc) is 2.45. The van der Waals surface area contributed by atoms with E-state index in [4.69, 9.17) is 0 Å². The maximum absolute atomic E-state index is 11.3. The molecule has 1 aliphatic rings. The Morgan fingerprint density at radius 3 is 2.93 bits per heavy atom. The van der Waals surface area contributed by atoms with Crippen LogP contribution < -0.4 is 5.32 Å². The summed E-state index contributed by atoms with van der Waals surface area (Å²) in [6.07, 6.45) is 2.43. The highest BCUT2D eigenvalue weighted by Crippen LogP contribution is 2.15. The third-order valence-corrected chi connectivity index (χ3v) is 2.35. The van der Waals surface area contributed by atoms with Gasteiger partial charge in [-0.3, -0.25) is 14.9 Å². The van der Waals surface area contributed by atoms with E-state index >= 15 is 0 Å². The van der Waals surface area contributed by atoms with Gasteiger partial charge in [-0.2, -0.15) is 0 Å². The monoisotopic (exact) mass is 205 g/mol. The Bertz CT molecular complexity index is 417. The third kappa shape index (κ3) is 2.18. The fourth-order valence-electron chi connectivity index (χ4n) is 1.64. The van der Waals surface area contributed by atoms with E-state index in [2.05, 4.69) is 15.3 Å². The first kappa shape index (κ1) is 9.76. The first-order valence-corrected chi connectivity index (χ1v) is 4.77. The predicted octanol–water partition coefficient (Wildman–Crippen LogP) is -0.00978. The van der Waals surface area contributed by atoms with Crippen LogP contribution in [0.5, 0.6) is 0 Å². The van der Waals surface area contributed by atoms with E-state index in [1.54, 1.807) is 19.2 Å². The van der Waals surface area contributed by atoms with E-state index in [-0.39, 0.29) is 24.2 Å². The van der Waals surface area contributed by atoms with E-state index in [9.17, 15) is 9.59 Å². The van der Waals surface area contributed by atoms with E-state index in [1.165, 1.54) is 0 Å². The Morgan fingerprint density at radius 2 is 2.33 bits per heavy atom. The molecule has 2 rings (SSSR count). The average molecular weight is 205 g/mol. The number of carbonyl (C=O) groups excluding carboxylic acids is 2. The zero-order valence-electron chi connectivity index (χ0n) is 8.36. The molecule has 15 heavy (non-hydrogen) atoms. The fourth-order valence-corrected chi connectivity index (χ4v) is 1.64. The summed E-state index contributed by atoms with van der Waals surface area (Å²) in [5.41, 5.74) is 0.803. The van der Waals surface area contributed by atoms with Gasteiger partial charge in [-0.25, -0.2) is 9.97 Å². The van der Waals surface area contributed by atoms with Crippen molar-refractivity contribution in [3.63, 3.8) is 0 Å². The highest BCUT2D eigenvalue weighted by Gasteiger charge is 2.30. The summed E-state index contributed by atoms with van der Waals surface area (Å²) in [5.74, 6) is 0.0103. The van der Waals surface area contributed by atoms with Crippen LogP contribution in [0.4, 0.5) is 0 Å². The Labute approximate surface area is 86.9 Å². The maximum Gasteiger partial charge on any atom is 0.230 e. The standard InChI is InChI=1S/C10H11N3O2/c1-6-11-3-2-8(12-6)4-7-5-9(14)13-10(7)15/h2-3,7H,4-5H2,1H3,(H,13,14,15). The van der Waals surface area contributed by atoms with Gasteiger partial charge in [0.05, 0.1) is 5.92 Å². The Balaban J connectivity index is 2.09. The van der Waals surface area contributed by atoms with Crippen molar-refractivity contribution >= 4 is 11.8 Å². The van der Waals surface area contributed by atoms with Crippen molar-refractivity contribution in [1.82, 2.24) is 15.3 Å². The summed E-state index contributed by atoms with van der Waals surface area (Å²) in [6.45, 7) is 1.80. The number of hydrogen-bond donors (Lipinski definition) is 1. The molecule has 0 aromatic carbocycles. The number of carbonyl (C=O) groups is 2. The van der Waals surface area contributed by atoms with Gasteiger partial charge in [0.1, 0.15) is 5.82 Å². The molecule has 0 spiro atoms. The highest BCUT2D eigenvalue weighted by atomic mass is 16.2. The summed E-state index contributed by atoms with van der Waals surface area (Å²) in [7, 11) is 0. The zero-order valence-corrected chi connectivity index (χ0v) is 8.36. The van der Waals surface area contributed by atoms with Gasteiger partial charge in [0.15, 0.2) is 0 Å². The molecule has 5 nitrogen and oxygen atoms in total. The van der Waals surface area contributed by atoms with Gasteiger partial charge in [-0.15, -0.1) is 0 Å². The number of nitrogens with one attached hydrogen (secondary N) is 1. The van der Waals surface area contributed by atoms with E-state index in [0.717, 1.165) is 5.69 Å². The smallest absolute Gasteiger partial charge is 0.230 e. The first-order valence-electron chi connectivity index (χ1n) is 4.77. The zero-order chi connectivity index (χ0) is 10.8. The molecule has 5 heteroatoms. The minimum Gasteiger partial charge on any atom is -0.296 e. The normalized spacial score (nSPS) is 20.5. The molecule has 0 aliphatic carbocycles. The van der Waals surface area contributed by atoms with Crippen LogP contribution in [0.3, 0.4) is 0 Å². The van der Waals surface area contributed by atoms with Crippen LogP contribution in [0.2, 0.25) is 0 Å². The van der Waals surface area contributed by atoms with Crippen LogP contribution in [-0.4, -0.2) is 21.8 Å². The molecule has 0 radical (unpaired) electrons. The predicted molar refractivity (Wildman–Crippen MR) is 51.7 cm³/mol. The second-order valence-corrected chi connectivity index (χ2v) is 3.61. The lowest BCUT2D eigenvalue weighted by Gasteiger charge is -2.04. The van der Waals surface area contributed by atoms with Crippen molar-refractivity contribution in [2.45, 2.75) is 19.8 Å². The van der Waals surface area contributed by atoms with Gasteiger partial charge in [0.2, 0.25) is 11.8 Å². The fraction of sp³-hybridized carbons (Fsp3) is 0.400. The van der Waals surface area contributed by atoms with Crippen LogP contribution in [0.25, 0.3) is 0 Å². The number of amides is 2. The third-order valence-electron chi connectivity index (χ3n) is 2.35. The van der Waals surface area contributed by atoms with Crippen molar-refractivity contribution < 1.29 is 9.59 Å². The second-order valence-electron chi connectivity index (χ2n) is 3.61. The molecule has 0 bridgehead atoms. The number of imide groups is 1. The number of aryl methyl sites for hydroxylation is 1. The number of hydrogen-bond acceptors (Lipinski definition) is 4. The van der Waals surface area contributed by atoms with Crippen LogP contribution in [-0.2, 0) is 16.0 Å². The van der Waals surface area contributed by atoms with Crippen molar-refractivity contribution in [3.05, 3.63) is 23.8 Å². The summed E-state index contributed by atoms with van der Waals surface area (Å²) >= 11 is 0. The summed E-state index contributed by atoms with van der Waals surface area (Å²) in [5, 5.41) is 2.28. The van der Waals surface area contributed by atoms with Crippen LogP contribution >= 0.6 is 0 Å². The molecular formula is C10H11N3O2.